The van der Waals surface area contributed by atoms with E-state index in [0.29, 0.717) is 52.9 Å². The Morgan fingerprint density at radius 3 is 1.84 bits per heavy atom. The molecule has 0 atom stereocenters. The fourth-order valence-corrected chi connectivity index (χ4v) is 2.67. The van der Waals surface area contributed by atoms with Crippen molar-refractivity contribution in [1.29, 1.82) is 0 Å². The highest BCUT2D eigenvalue weighted by Gasteiger charge is 2.13. The van der Waals surface area contributed by atoms with Gasteiger partial charge >= 0.3 is 0 Å². The van der Waals surface area contributed by atoms with E-state index in [1.54, 1.807) is 7.11 Å². The molecule has 1 fully saturated rings. The van der Waals surface area contributed by atoms with Crippen LogP contribution >= 0.6 is 0 Å². The van der Waals surface area contributed by atoms with Gasteiger partial charge in [0, 0.05) is 13.1 Å². The highest BCUT2D eigenvalue weighted by molar-refractivity contribution is 5.60. The Kier molecular flexibility index (Phi) is 9.66. The molecular formula is C19H31NO5. The Bertz CT molecular complexity index is 467. The maximum absolute atomic E-state index is 5.69. The van der Waals surface area contributed by atoms with Crippen LogP contribution in [0.4, 0.5) is 5.69 Å². The standard InChI is InChI=1S/C19H31NO5/c1-3-17-4-5-18(19(16-17)21-2)20-6-8-22-10-12-24-14-15-25-13-11-23-9-7-20/h4-5,16H,3,6-15H2,1-2H3. The van der Waals surface area contributed by atoms with E-state index < -0.39 is 0 Å². The van der Waals surface area contributed by atoms with Gasteiger partial charge in [-0.2, -0.15) is 0 Å². The summed E-state index contributed by atoms with van der Waals surface area (Å²) >= 11 is 0. The van der Waals surface area contributed by atoms with Gasteiger partial charge < -0.3 is 28.6 Å². The predicted octanol–water partition coefficient (Wildman–Crippen LogP) is 2.14. The quantitative estimate of drug-likeness (QED) is 0.830. The molecule has 0 N–H and O–H groups in total. The van der Waals surface area contributed by atoms with Crippen LogP contribution in [0.5, 0.6) is 5.75 Å². The zero-order valence-corrected chi connectivity index (χ0v) is 15.5. The monoisotopic (exact) mass is 353 g/mol. The molecule has 0 bridgehead atoms. The second kappa shape index (κ2) is 12.1. The van der Waals surface area contributed by atoms with E-state index in [-0.39, 0.29) is 0 Å². The number of benzene rings is 1. The Labute approximate surface area is 150 Å². The SMILES string of the molecule is CCc1ccc(N2CCOCCOCCOCCOCC2)c(OC)c1. The predicted molar refractivity (Wildman–Crippen MR) is 97.9 cm³/mol. The highest BCUT2D eigenvalue weighted by atomic mass is 16.6. The molecule has 6 heteroatoms. The molecule has 0 unspecified atom stereocenters. The second-order valence-corrected chi connectivity index (χ2v) is 5.80. The first-order valence-electron chi connectivity index (χ1n) is 9.08. The first-order chi connectivity index (χ1) is 12.3. The van der Waals surface area contributed by atoms with E-state index in [1.165, 1.54) is 5.56 Å². The molecule has 0 aliphatic carbocycles. The average molecular weight is 353 g/mol. The van der Waals surface area contributed by atoms with Crippen LogP contribution in [0.1, 0.15) is 12.5 Å². The van der Waals surface area contributed by atoms with Gasteiger partial charge in [-0.3, -0.25) is 0 Å². The number of anilines is 1. The molecule has 0 saturated carbocycles. The van der Waals surface area contributed by atoms with Crippen LogP contribution < -0.4 is 9.64 Å². The Morgan fingerprint density at radius 1 is 0.840 bits per heavy atom. The number of hydrogen-bond donors (Lipinski definition) is 0. The minimum absolute atomic E-state index is 0.592. The molecule has 1 aliphatic rings. The van der Waals surface area contributed by atoms with Crippen molar-refractivity contribution in [3.63, 3.8) is 0 Å². The zero-order valence-electron chi connectivity index (χ0n) is 15.5. The first kappa shape index (κ1) is 20.0. The van der Waals surface area contributed by atoms with Crippen LogP contribution in [-0.4, -0.2) is 73.1 Å². The topological polar surface area (TPSA) is 49.4 Å². The third-order valence-electron chi connectivity index (χ3n) is 4.12. The van der Waals surface area contributed by atoms with Gasteiger partial charge in [0.2, 0.25) is 0 Å². The van der Waals surface area contributed by atoms with Gasteiger partial charge in [-0.1, -0.05) is 13.0 Å². The van der Waals surface area contributed by atoms with Crippen molar-refractivity contribution in [2.24, 2.45) is 0 Å². The first-order valence-corrected chi connectivity index (χ1v) is 9.08. The van der Waals surface area contributed by atoms with Gasteiger partial charge in [-0.25, -0.2) is 0 Å². The van der Waals surface area contributed by atoms with E-state index in [0.717, 1.165) is 30.9 Å². The number of hydrogen-bond acceptors (Lipinski definition) is 6. The number of rotatable bonds is 3. The second-order valence-electron chi connectivity index (χ2n) is 5.80. The molecule has 0 aromatic heterocycles. The summed E-state index contributed by atoms with van der Waals surface area (Å²) < 4.78 is 27.9. The van der Waals surface area contributed by atoms with Gasteiger partial charge in [0.1, 0.15) is 5.75 Å². The molecule has 1 aromatic rings. The van der Waals surface area contributed by atoms with Crippen molar-refractivity contribution in [3.8, 4) is 5.75 Å². The molecule has 6 nitrogen and oxygen atoms in total. The summed E-state index contributed by atoms with van der Waals surface area (Å²) in [5, 5.41) is 0. The van der Waals surface area contributed by atoms with Gasteiger partial charge in [0.15, 0.2) is 0 Å². The number of ether oxygens (including phenoxy) is 5. The number of methoxy groups -OCH3 is 1. The third-order valence-corrected chi connectivity index (χ3v) is 4.12. The fraction of sp³-hybridized carbons (Fsp3) is 0.684. The van der Waals surface area contributed by atoms with Crippen molar-refractivity contribution in [1.82, 2.24) is 0 Å². The van der Waals surface area contributed by atoms with Crippen LogP contribution in [0, 0.1) is 0 Å². The summed E-state index contributed by atoms with van der Waals surface area (Å²) in [4.78, 5) is 2.25. The summed E-state index contributed by atoms with van der Waals surface area (Å²) in [6.07, 6.45) is 0.989. The molecule has 0 spiro atoms. The highest BCUT2D eigenvalue weighted by Crippen LogP contribution is 2.29. The summed E-state index contributed by atoms with van der Waals surface area (Å²) in [6.45, 7) is 8.54. The molecule has 25 heavy (non-hydrogen) atoms. The maximum atomic E-state index is 5.69. The largest absolute Gasteiger partial charge is 0.495 e. The zero-order chi connectivity index (χ0) is 17.7. The van der Waals surface area contributed by atoms with Crippen LogP contribution in [0.15, 0.2) is 18.2 Å². The smallest absolute Gasteiger partial charge is 0.142 e. The van der Waals surface area contributed by atoms with Crippen LogP contribution in [-0.2, 0) is 25.4 Å². The Balaban J connectivity index is 2.01. The summed E-state index contributed by atoms with van der Waals surface area (Å²) in [5.41, 5.74) is 2.34. The molecule has 1 heterocycles. The average Bonchev–Trinajstić information content (AvgIpc) is 2.66. The number of aryl methyl sites for hydroxylation is 1. The van der Waals surface area contributed by atoms with Crippen LogP contribution in [0.25, 0.3) is 0 Å². The molecule has 1 aliphatic heterocycles. The molecule has 1 saturated heterocycles. The van der Waals surface area contributed by atoms with E-state index >= 15 is 0 Å². The Morgan fingerprint density at radius 2 is 1.36 bits per heavy atom. The summed E-state index contributed by atoms with van der Waals surface area (Å²) in [6, 6.07) is 6.38. The van der Waals surface area contributed by atoms with Gasteiger partial charge in [0.25, 0.3) is 0 Å². The molecule has 1 aromatic carbocycles. The lowest BCUT2D eigenvalue weighted by molar-refractivity contribution is 0.00206. The van der Waals surface area contributed by atoms with Crippen molar-refractivity contribution >= 4 is 5.69 Å². The number of nitrogens with zero attached hydrogens (tertiary/aromatic N) is 1. The van der Waals surface area contributed by atoms with Crippen LogP contribution in [0.2, 0.25) is 0 Å². The van der Waals surface area contributed by atoms with Gasteiger partial charge in [-0.05, 0) is 24.1 Å². The van der Waals surface area contributed by atoms with Crippen molar-refractivity contribution in [3.05, 3.63) is 23.8 Å². The molecule has 0 radical (unpaired) electrons. The summed E-state index contributed by atoms with van der Waals surface area (Å²) in [5.74, 6) is 0.893. The van der Waals surface area contributed by atoms with Gasteiger partial charge in [-0.15, -0.1) is 0 Å². The van der Waals surface area contributed by atoms with Crippen molar-refractivity contribution in [2.75, 3.05) is 78.0 Å². The van der Waals surface area contributed by atoms with E-state index in [2.05, 4.69) is 30.0 Å². The fourth-order valence-electron chi connectivity index (χ4n) is 2.67. The van der Waals surface area contributed by atoms with Crippen LogP contribution in [0.3, 0.4) is 0 Å². The lowest BCUT2D eigenvalue weighted by Gasteiger charge is -2.27. The molecule has 0 amide bonds. The lowest BCUT2D eigenvalue weighted by Crippen LogP contribution is -2.32. The molecule has 2 rings (SSSR count). The Hall–Kier alpha value is -1.34. The molecule has 142 valence electrons. The third kappa shape index (κ3) is 7.20. The van der Waals surface area contributed by atoms with Gasteiger partial charge in [0.05, 0.1) is 65.7 Å². The minimum Gasteiger partial charge on any atom is -0.495 e. The molecular weight excluding hydrogens is 322 g/mol. The van der Waals surface area contributed by atoms with E-state index in [4.69, 9.17) is 23.7 Å². The van der Waals surface area contributed by atoms with Crippen molar-refractivity contribution < 1.29 is 23.7 Å². The lowest BCUT2D eigenvalue weighted by atomic mass is 10.1. The van der Waals surface area contributed by atoms with E-state index in [1.807, 2.05) is 0 Å². The minimum atomic E-state index is 0.592. The van der Waals surface area contributed by atoms with E-state index in [9.17, 15) is 0 Å². The normalized spacial score (nSPS) is 19.0. The van der Waals surface area contributed by atoms with Crippen molar-refractivity contribution in [2.45, 2.75) is 13.3 Å². The maximum Gasteiger partial charge on any atom is 0.142 e. The summed E-state index contributed by atoms with van der Waals surface area (Å²) in [7, 11) is 1.72.